The molecule has 0 unspecified atom stereocenters. The average molecular weight is 170 g/mol. The van der Waals surface area contributed by atoms with E-state index in [1.54, 1.807) is 12.2 Å². The molecule has 0 aromatic carbocycles. The van der Waals surface area contributed by atoms with Crippen LogP contribution < -0.4 is 0 Å². The van der Waals surface area contributed by atoms with Crippen molar-refractivity contribution in [2.75, 3.05) is 0 Å². The van der Waals surface area contributed by atoms with Gasteiger partial charge in [0.1, 0.15) is 6.10 Å². The van der Waals surface area contributed by atoms with Gasteiger partial charge in [-0.1, -0.05) is 26.0 Å². The summed E-state index contributed by atoms with van der Waals surface area (Å²) in [5, 5.41) is 27.9. The molecule has 12 heavy (non-hydrogen) atoms. The zero-order valence-corrected chi connectivity index (χ0v) is 7.23. The van der Waals surface area contributed by atoms with Gasteiger partial charge in [-0.05, 0) is 17.6 Å². The van der Waals surface area contributed by atoms with E-state index in [0.29, 0.717) is 5.57 Å². The molecule has 0 aliphatic heterocycles. The molecule has 1 rings (SSSR count). The lowest BCUT2D eigenvalue weighted by atomic mass is 9.88. The molecule has 0 saturated heterocycles. The van der Waals surface area contributed by atoms with Gasteiger partial charge < -0.3 is 15.3 Å². The molecule has 1 aliphatic rings. The number of hydrogen-bond acceptors (Lipinski definition) is 3. The van der Waals surface area contributed by atoms with Crippen LogP contribution in [0.3, 0.4) is 0 Å². The molecule has 0 spiro atoms. The normalized spacial score (nSPS) is 27.5. The molecule has 0 aromatic rings. The summed E-state index contributed by atoms with van der Waals surface area (Å²) in [5.41, 5.74) is 0.641. The average Bonchev–Trinajstić information content (AvgIpc) is 1.94. The molecule has 1 atom stereocenters. The maximum absolute atomic E-state index is 9.45. The highest BCUT2D eigenvalue weighted by atomic mass is 16.5. The van der Waals surface area contributed by atoms with Gasteiger partial charge in [0.05, 0.1) is 0 Å². The minimum Gasteiger partial charge on any atom is -0.383 e. The largest absolute Gasteiger partial charge is 0.383 e. The molecular weight excluding hydrogens is 156 g/mol. The van der Waals surface area contributed by atoms with Crippen LogP contribution >= 0.6 is 0 Å². The van der Waals surface area contributed by atoms with Crippen LogP contribution in [0, 0.1) is 5.92 Å². The van der Waals surface area contributed by atoms with E-state index in [9.17, 15) is 15.3 Å². The number of aliphatic hydroxyl groups excluding tert-OH is 1. The first-order valence-electron chi connectivity index (χ1n) is 3.97. The van der Waals surface area contributed by atoms with Crippen LogP contribution in [0.2, 0.25) is 0 Å². The molecule has 0 aromatic heterocycles. The van der Waals surface area contributed by atoms with Gasteiger partial charge in [0, 0.05) is 0 Å². The van der Waals surface area contributed by atoms with Crippen molar-refractivity contribution in [1.82, 2.24) is 0 Å². The molecule has 0 amide bonds. The standard InChI is InChI=1S/C9H14O3/c1-6(2)7-4-3-5-9(11,12)8(7)10/h3-6,8,10-12H,1-2H3/t8-/m0/s1. The highest BCUT2D eigenvalue weighted by Gasteiger charge is 2.35. The van der Waals surface area contributed by atoms with Crippen molar-refractivity contribution in [3.05, 3.63) is 23.8 Å². The lowest BCUT2D eigenvalue weighted by molar-refractivity contribution is -0.179. The second-order valence-corrected chi connectivity index (χ2v) is 3.37. The molecule has 3 heteroatoms. The molecule has 0 radical (unpaired) electrons. The van der Waals surface area contributed by atoms with Crippen LogP contribution in [0.5, 0.6) is 0 Å². The Morgan fingerprint density at radius 3 is 2.42 bits per heavy atom. The number of rotatable bonds is 1. The van der Waals surface area contributed by atoms with Gasteiger partial charge in [-0.2, -0.15) is 0 Å². The molecule has 3 N–H and O–H groups in total. The Labute approximate surface area is 71.7 Å². The first-order valence-corrected chi connectivity index (χ1v) is 3.97. The summed E-state index contributed by atoms with van der Waals surface area (Å²) in [6.45, 7) is 3.79. The summed E-state index contributed by atoms with van der Waals surface area (Å²) in [4.78, 5) is 0. The van der Waals surface area contributed by atoms with Crippen molar-refractivity contribution in [2.24, 2.45) is 5.92 Å². The molecule has 1 aliphatic carbocycles. The van der Waals surface area contributed by atoms with Gasteiger partial charge in [0.25, 0.3) is 0 Å². The second kappa shape index (κ2) is 3.01. The van der Waals surface area contributed by atoms with E-state index in [-0.39, 0.29) is 5.92 Å². The predicted molar refractivity (Wildman–Crippen MR) is 45.2 cm³/mol. The second-order valence-electron chi connectivity index (χ2n) is 3.37. The summed E-state index contributed by atoms with van der Waals surface area (Å²) in [7, 11) is 0. The van der Waals surface area contributed by atoms with Gasteiger partial charge >= 0.3 is 0 Å². The summed E-state index contributed by atoms with van der Waals surface area (Å²) in [6, 6.07) is 0. The molecule has 3 nitrogen and oxygen atoms in total. The first kappa shape index (κ1) is 9.45. The monoisotopic (exact) mass is 170 g/mol. The SMILES string of the molecule is CC(C)C1=CC=CC(O)(O)[C@H]1O. The summed E-state index contributed by atoms with van der Waals surface area (Å²) < 4.78 is 0. The van der Waals surface area contributed by atoms with E-state index in [0.717, 1.165) is 0 Å². The Morgan fingerprint density at radius 1 is 1.42 bits per heavy atom. The van der Waals surface area contributed by atoms with Crippen molar-refractivity contribution >= 4 is 0 Å². The molecule has 0 fully saturated rings. The highest BCUT2D eigenvalue weighted by molar-refractivity contribution is 5.28. The lowest BCUT2D eigenvalue weighted by Crippen LogP contribution is -2.43. The fourth-order valence-electron chi connectivity index (χ4n) is 1.24. The van der Waals surface area contributed by atoms with Crippen LogP contribution in [0.1, 0.15) is 13.8 Å². The maximum Gasteiger partial charge on any atom is 0.214 e. The van der Waals surface area contributed by atoms with Gasteiger partial charge in [-0.3, -0.25) is 0 Å². The summed E-state index contributed by atoms with van der Waals surface area (Å²) in [6.07, 6.45) is 3.22. The molecule has 0 saturated carbocycles. The Morgan fingerprint density at radius 2 is 2.00 bits per heavy atom. The van der Waals surface area contributed by atoms with Crippen LogP contribution in [-0.4, -0.2) is 27.2 Å². The molecular formula is C9H14O3. The fourth-order valence-corrected chi connectivity index (χ4v) is 1.24. The lowest BCUT2D eigenvalue weighted by Gasteiger charge is -2.30. The van der Waals surface area contributed by atoms with Crippen LogP contribution in [0.4, 0.5) is 0 Å². The Hall–Kier alpha value is -0.640. The number of allylic oxidation sites excluding steroid dienone is 2. The highest BCUT2D eigenvalue weighted by Crippen LogP contribution is 2.26. The van der Waals surface area contributed by atoms with Crippen LogP contribution in [0.15, 0.2) is 23.8 Å². The van der Waals surface area contributed by atoms with Crippen molar-refractivity contribution in [3.8, 4) is 0 Å². The van der Waals surface area contributed by atoms with Crippen molar-refractivity contribution in [2.45, 2.75) is 25.7 Å². The van der Waals surface area contributed by atoms with Crippen molar-refractivity contribution in [1.29, 1.82) is 0 Å². The number of hydrogen-bond donors (Lipinski definition) is 3. The maximum atomic E-state index is 9.45. The Balaban J connectivity index is 2.91. The van der Waals surface area contributed by atoms with E-state index in [1.807, 2.05) is 13.8 Å². The third-order valence-electron chi connectivity index (χ3n) is 2.02. The summed E-state index contributed by atoms with van der Waals surface area (Å²) >= 11 is 0. The van der Waals surface area contributed by atoms with E-state index < -0.39 is 11.9 Å². The van der Waals surface area contributed by atoms with E-state index in [4.69, 9.17) is 0 Å². The summed E-state index contributed by atoms with van der Waals surface area (Å²) in [5.74, 6) is -1.99. The predicted octanol–water partition coefficient (Wildman–Crippen LogP) is 0.180. The van der Waals surface area contributed by atoms with Gasteiger partial charge in [-0.15, -0.1) is 0 Å². The number of aliphatic hydroxyl groups is 3. The zero-order valence-electron chi connectivity index (χ0n) is 7.23. The molecule has 0 bridgehead atoms. The molecule has 0 heterocycles. The van der Waals surface area contributed by atoms with E-state index >= 15 is 0 Å². The third-order valence-corrected chi connectivity index (χ3v) is 2.02. The van der Waals surface area contributed by atoms with E-state index in [2.05, 4.69) is 0 Å². The Kier molecular flexibility index (Phi) is 2.37. The van der Waals surface area contributed by atoms with Crippen molar-refractivity contribution < 1.29 is 15.3 Å². The minimum atomic E-state index is -2.10. The van der Waals surface area contributed by atoms with Crippen LogP contribution in [-0.2, 0) is 0 Å². The minimum absolute atomic E-state index is 0.114. The topological polar surface area (TPSA) is 60.7 Å². The van der Waals surface area contributed by atoms with Crippen LogP contribution in [0.25, 0.3) is 0 Å². The first-order chi connectivity index (χ1) is 5.45. The quantitative estimate of drug-likeness (QED) is 0.492. The van der Waals surface area contributed by atoms with Gasteiger partial charge in [-0.25, -0.2) is 0 Å². The fraction of sp³-hybridized carbons (Fsp3) is 0.556. The Bertz CT molecular complexity index is 226. The van der Waals surface area contributed by atoms with Gasteiger partial charge in [0.15, 0.2) is 0 Å². The molecule has 68 valence electrons. The zero-order chi connectivity index (χ0) is 9.35. The van der Waals surface area contributed by atoms with Gasteiger partial charge in [0.2, 0.25) is 5.79 Å². The van der Waals surface area contributed by atoms with E-state index in [1.165, 1.54) is 6.08 Å². The smallest absolute Gasteiger partial charge is 0.214 e. The third kappa shape index (κ3) is 1.58. The van der Waals surface area contributed by atoms with Crippen molar-refractivity contribution in [3.63, 3.8) is 0 Å².